The maximum Gasteiger partial charge on any atom is 0.311 e. The molecule has 4 rings (SSSR count). The number of halogens is 5. The van der Waals surface area contributed by atoms with E-state index in [-0.39, 0.29) is 115 Å². The number of hydrogen-bond acceptors (Lipinski definition) is 27. The standard InChI is InChI=1S/C66H90F5N5O27/c1-36(77)74-56-61(99-42(7)83)58(97-40(5)81)47(34-95-38(3)79)101-65(56)93-29-27-91-25-23-89-21-19-72-63(87)44-31-45(33-46(32-44)76-49(85)17-15-13-11-9-10-12-14-16-18-50(86)103-60-54(70)52(68)51(67)53(69)55(60)71)64(88)73-20-22-90-24-26-92-28-30-94-66-57(75-37(2)78)62(100-43(8)84)59(98-41(6)82)48(102-66)35-96-39(4)80/h31-33,47-48,56-59,61-62,65-66H,9-30,34-35H2,1-8H3,(H,72,87)(H,73,88)(H,74,77)(H,75,78)(H,76,85)/t47-,48-,56-,57-,58+,59+,61-,62-,65?,66?/m1/s1. The van der Waals surface area contributed by atoms with Crippen molar-refractivity contribution in [2.45, 2.75) is 181 Å². The molecule has 5 amide bonds. The number of unbranched alkanes of at least 4 members (excludes halogenated alkanes) is 7. The van der Waals surface area contributed by atoms with Crippen molar-refractivity contribution in [1.82, 2.24) is 21.3 Å². The number of anilines is 1. The average molecular weight is 1480 g/mol. The minimum Gasteiger partial charge on any atom is -0.463 e. The van der Waals surface area contributed by atoms with Crippen molar-refractivity contribution >= 4 is 77.0 Å². The number of benzene rings is 2. The highest BCUT2D eigenvalue weighted by Gasteiger charge is 2.53. The third-order valence-electron chi connectivity index (χ3n) is 14.6. The molecule has 2 fully saturated rings. The molecule has 2 aliphatic heterocycles. The van der Waals surface area contributed by atoms with Gasteiger partial charge in [-0.15, -0.1) is 0 Å². The smallest absolute Gasteiger partial charge is 0.311 e. The SMILES string of the molecule is CC(=O)N[C@H]1C(OCCOCCOCCNC(=O)c2cc(NC(=O)CCCCCCCCCCC(=O)Oc3c(F)c(F)c(F)c(F)c3F)cc(C(=O)NCCOCCOCCOC3O[C@H](COC(C)=O)[C@H](OC(C)=O)[C@H](OC(C)=O)[C@H]3NC(C)=O)c2)O[C@H](COC(C)=O)[C@H](OC(C)=O)[C@@H]1OC(C)=O. The largest absolute Gasteiger partial charge is 0.463 e. The van der Waals surface area contributed by atoms with E-state index >= 15 is 0 Å². The fourth-order valence-corrected chi connectivity index (χ4v) is 10.3. The minimum atomic E-state index is -2.38. The zero-order valence-electron chi connectivity index (χ0n) is 58.4. The van der Waals surface area contributed by atoms with E-state index in [4.69, 9.17) is 66.3 Å². The molecule has 37 heteroatoms. The number of ether oxygens (including phenoxy) is 15. The summed E-state index contributed by atoms with van der Waals surface area (Å²) in [7, 11) is 0. The minimum absolute atomic E-state index is 0.000792. The fraction of sp³-hybridized carbons (Fsp3) is 0.636. The van der Waals surface area contributed by atoms with Gasteiger partial charge in [0.25, 0.3) is 11.8 Å². The third-order valence-corrected chi connectivity index (χ3v) is 14.6. The first kappa shape index (κ1) is 86.8. The molecule has 5 N–H and O–H groups in total. The lowest BCUT2D eigenvalue weighted by Gasteiger charge is -2.44. The zero-order valence-corrected chi connectivity index (χ0v) is 58.4. The number of carbonyl (C=O) groups is 12. The number of esters is 7. The lowest BCUT2D eigenvalue weighted by atomic mass is 9.96. The molecule has 576 valence electrons. The highest BCUT2D eigenvalue weighted by molar-refractivity contribution is 6.02. The van der Waals surface area contributed by atoms with Crippen LogP contribution in [0.3, 0.4) is 0 Å². The van der Waals surface area contributed by atoms with E-state index in [1.54, 1.807) is 0 Å². The molecule has 103 heavy (non-hydrogen) atoms. The van der Waals surface area contributed by atoms with Crippen molar-refractivity contribution in [3.05, 3.63) is 58.4 Å². The monoisotopic (exact) mass is 1480 g/mol. The van der Waals surface area contributed by atoms with Gasteiger partial charge in [-0.2, -0.15) is 8.78 Å². The fourth-order valence-electron chi connectivity index (χ4n) is 10.3. The number of carbonyl (C=O) groups excluding carboxylic acids is 12. The molecule has 2 saturated heterocycles. The zero-order chi connectivity index (χ0) is 76.1. The van der Waals surface area contributed by atoms with Gasteiger partial charge in [-0.25, -0.2) is 13.2 Å². The molecule has 0 saturated carbocycles. The Hall–Kier alpha value is -8.59. The number of rotatable bonds is 45. The Balaban J connectivity index is 1.27. The van der Waals surface area contributed by atoms with Gasteiger partial charge in [0.1, 0.15) is 37.5 Å². The first-order chi connectivity index (χ1) is 49.0. The van der Waals surface area contributed by atoms with E-state index in [1.165, 1.54) is 32.0 Å². The van der Waals surface area contributed by atoms with Crippen LogP contribution in [0.4, 0.5) is 27.6 Å². The van der Waals surface area contributed by atoms with Gasteiger partial charge in [0.2, 0.25) is 52.6 Å². The summed E-state index contributed by atoms with van der Waals surface area (Å²) in [5.41, 5.74) is 0.132. The summed E-state index contributed by atoms with van der Waals surface area (Å²) in [6, 6.07) is 1.71. The van der Waals surface area contributed by atoms with E-state index in [2.05, 4.69) is 31.3 Å². The second kappa shape index (κ2) is 46.2. The normalized spacial score (nSPS) is 19.9. The van der Waals surface area contributed by atoms with Crippen LogP contribution in [0.2, 0.25) is 0 Å². The summed E-state index contributed by atoms with van der Waals surface area (Å²) in [5, 5.41) is 13.3. The maximum atomic E-state index is 13.9. The van der Waals surface area contributed by atoms with E-state index in [0.717, 1.165) is 60.8 Å². The number of nitrogens with one attached hydrogen (secondary N) is 5. The first-order valence-electron chi connectivity index (χ1n) is 33.1. The van der Waals surface area contributed by atoms with Crippen LogP contribution in [0.5, 0.6) is 5.75 Å². The van der Waals surface area contributed by atoms with Crippen LogP contribution >= 0.6 is 0 Å². The molecular weight excluding hydrogens is 1390 g/mol. The van der Waals surface area contributed by atoms with Crippen LogP contribution in [-0.4, -0.2) is 225 Å². The summed E-state index contributed by atoms with van der Waals surface area (Å²) in [5.74, 6) is -21.5. The first-order valence-corrected chi connectivity index (χ1v) is 33.1. The molecule has 2 unspecified atom stereocenters. The summed E-state index contributed by atoms with van der Waals surface area (Å²) >= 11 is 0. The molecule has 10 atom stereocenters. The molecule has 2 aliphatic rings. The van der Waals surface area contributed by atoms with Gasteiger partial charge in [0.05, 0.1) is 66.1 Å². The van der Waals surface area contributed by atoms with Gasteiger partial charge in [-0.3, -0.25) is 57.5 Å². The Morgan fingerprint density at radius 1 is 0.408 bits per heavy atom. The van der Waals surface area contributed by atoms with Gasteiger partial charge < -0.3 is 97.6 Å². The number of amides is 5. The quantitative estimate of drug-likeness (QED) is 0.0120. The predicted molar refractivity (Wildman–Crippen MR) is 341 cm³/mol. The molecule has 0 aliphatic carbocycles. The van der Waals surface area contributed by atoms with E-state index in [9.17, 15) is 79.5 Å². The van der Waals surface area contributed by atoms with Crippen LogP contribution in [-0.2, 0) is 114 Å². The average Bonchev–Trinajstić information content (AvgIpc) is 0.857. The molecule has 2 aromatic rings. The van der Waals surface area contributed by atoms with Crippen molar-refractivity contribution in [1.29, 1.82) is 0 Å². The second-order valence-corrected chi connectivity index (χ2v) is 23.2. The summed E-state index contributed by atoms with van der Waals surface area (Å²) in [4.78, 5) is 149. The lowest BCUT2D eigenvalue weighted by Crippen LogP contribution is -2.66. The van der Waals surface area contributed by atoms with Gasteiger partial charge in [0, 0.05) is 98.1 Å². The number of hydrogen-bond donors (Lipinski definition) is 5. The van der Waals surface area contributed by atoms with Crippen LogP contribution in [0.15, 0.2) is 18.2 Å². The van der Waals surface area contributed by atoms with Crippen LogP contribution in [0.1, 0.15) is 140 Å². The molecule has 32 nitrogen and oxygen atoms in total. The van der Waals surface area contributed by atoms with E-state index in [0.29, 0.717) is 25.7 Å². The Morgan fingerprint density at radius 2 is 0.757 bits per heavy atom. The third kappa shape index (κ3) is 31.9. The summed E-state index contributed by atoms with van der Waals surface area (Å²) in [6.45, 7) is 8.07. The molecule has 0 radical (unpaired) electrons. The Labute approximate surface area is 589 Å². The molecule has 0 aromatic heterocycles. The van der Waals surface area contributed by atoms with E-state index in [1.807, 2.05) is 0 Å². The maximum absolute atomic E-state index is 13.9. The van der Waals surface area contributed by atoms with Crippen molar-refractivity contribution in [2.75, 3.05) is 97.7 Å². The lowest BCUT2D eigenvalue weighted by molar-refractivity contribution is -0.279. The van der Waals surface area contributed by atoms with Crippen LogP contribution in [0, 0.1) is 29.1 Å². The van der Waals surface area contributed by atoms with Gasteiger partial charge >= 0.3 is 41.8 Å². The van der Waals surface area contributed by atoms with Crippen molar-refractivity contribution in [3.63, 3.8) is 0 Å². The van der Waals surface area contributed by atoms with Gasteiger partial charge in [-0.1, -0.05) is 38.5 Å². The highest BCUT2D eigenvalue weighted by atomic mass is 19.2. The second-order valence-electron chi connectivity index (χ2n) is 23.2. The predicted octanol–water partition coefficient (Wildman–Crippen LogP) is 3.70. The van der Waals surface area contributed by atoms with Gasteiger partial charge in [-0.05, 0) is 31.0 Å². The van der Waals surface area contributed by atoms with E-state index < -0.39 is 181 Å². The molecular formula is C66H90F5N5O27. The Kier molecular flexibility index (Phi) is 38.9. The Morgan fingerprint density at radius 3 is 1.14 bits per heavy atom. The van der Waals surface area contributed by atoms with Crippen molar-refractivity contribution in [3.8, 4) is 5.75 Å². The van der Waals surface area contributed by atoms with Crippen LogP contribution in [0.25, 0.3) is 0 Å². The topological polar surface area (TPSA) is 403 Å². The summed E-state index contributed by atoms with van der Waals surface area (Å²) in [6.07, 6.45) is -5.81. The molecule has 0 spiro atoms. The summed E-state index contributed by atoms with van der Waals surface area (Å²) < 4.78 is 151. The van der Waals surface area contributed by atoms with Crippen molar-refractivity contribution in [2.24, 2.45) is 0 Å². The highest BCUT2D eigenvalue weighted by Crippen LogP contribution is 2.32. The van der Waals surface area contributed by atoms with Gasteiger partial charge in [0.15, 0.2) is 37.0 Å². The molecule has 0 bridgehead atoms. The molecule has 2 aromatic carbocycles. The van der Waals surface area contributed by atoms with Crippen molar-refractivity contribution < 1.29 is 151 Å². The molecule has 2 heterocycles. The Bertz CT molecular complexity index is 3020. The van der Waals surface area contributed by atoms with Crippen LogP contribution < -0.4 is 31.3 Å².